The van der Waals surface area contributed by atoms with Crippen molar-refractivity contribution in [3.63, 3.8) is 0 Å². The van der Waals surface area contributed by atoms with Crippen LogP contribution in [0.1, 0.15) is 33.6 Å². The van der Waals surface area contributed by atoms with Crippen LogP contribution in [0, 0.1) is 0 Å². The fourth-order valence-corrected chi connectivity index (χ4v) is 4.79. The maximum atomic E-state index is 12.3. The van der Waals surface area contributed by atoms with Gasteiger partial charge in [-0.05, 0) is 33.2 Å². The van der Waals surface area contributed by atoms with E-state index in [-0.39, 0.29) is 12.1 Å². The molecule has 2 fully saturated rings. The van der Waals surface area contributed by atoms with Crippen molar-refractivity contribution in [2.45, 2.75) is 45.7 Å². The molecule has 0 aromatic heterocycles. The maximum Gasteiger partial charge on any atom is 0.279 e. The zero-order valence-electron chi connectivity index (χ0n) is 13.6. The van der Waals surface area contributed by atoms with Gasteiger partial charge in [0.25, 0.3) is 10.2 Å². The number of rotatable bonds is 6. The van der Waals surface area contributed by atoms with Crippen LogP contribution in [0.4, 0.5) is 0 Å². The summed E-state index contributed by atoms with van der Waals surface area (Å²) in [6.45, 7) is 12.7. The van der Waals surface area contributed by atoms with Crippen LogP contribution in [0.2, 0.25) is 0 Å². The SMILES string of the molecule is CCN1CCN([C@H](C)CNS(=O)(=O)N2CCC[C@H]2C)CC1. The van der Waals surface area contributed by atoms with Gasteiger partial charge in [-0.25, -0.2) is 4.72 Å². The van der Waals surface area contributed by atoms with Gasteiger partial charge in [0.2, 0.25) is 0 Å². The molecule has 0 unspecified atom stereocenters. The van der Waals surface area contributed by atoms with Crippen LogP contribution in [0.25, 0.3) is 0 Å². The molecule has 0 spiro atoms. The standard InChI is InChI=1S/C14H30N4O2S/c1-4-16-8-10-17(11-9-16)14(3)12-15-21(19,20)18-7-5-6-13(18)2/h13-15H,4-12H2,1-3H3/t13-,14-/m1/s1. The van der Waals surface area contributed by atoms with E-state index in [9.17, 15) is 8.42 Å². The summed E-state index contributed by atoms with van der Waals surface area (Å²) in [7, 11) is -3.31. The van der Waals surface area contributed by atoms with Crippen LogP contribution < -0.4 is 4.72 Å². The molecule has 0 radical (unpaired) electrons. The minimum atomic E-state index is -3.31. The Bertz CT molecular complexity index is 421. The number of hydrogen-bond acceptors (Lipinski definition) is 4. The van der Waals surface area contributed by atoms with E-state index in [1.807, 2.05) is 6.92 Å². The van der Waals surface area contributed by atoms with E-state index in [0.29, 0.717) is 13.1 Å². The first kappa shape index (κ1) is 17.1. The second-order valence-corrected chi connectivity index (χ2v) is 7.98. The fraction of sp³-hybridized carbons (Fsp3) is 1.00. The second kappa shape index (κ2) is 7.37. The summed E-state index contributed by atoms with van der Waals surface area (Å²) in [6.07, 6.45) is 1.94. The van der Waals surface area contributed by atoms with Gasteiger partial charge in [-0.3, -0.25) is 4.90 Å². The predicted molar refractivity (Wildman–Crippen MR) is 85.5 cm³/mol. The Kier molecular flexibility index (Phi) is 6.02. The summed E-state index contributed by atoms with van der Waals surface area (Å²) >= 11 is 0. The first-order valence-electron chi connectivity index (χ1n) is 8.17. The van der Waals surface area contributed by atoms with Crippen LogP contribution in [0.3, 0.4) is 0 Å². The number of nitrogens with zero attached hydrogens (tertiary/aromatic N) is 3. The smallest absolute Gasteiger partial charge is 0.279 e. The number of hydrogen-bond donors (Lipinski definition) is 1. The fourth-order valence-electron chi connectivity index (χ4n) is 3.22. The molecular formula is C14H30N4O2S. The van der Waals surface area contributed by atoms with Crippen molar-refractivity contribution >= 4 is 10.2 Å². The summed E-state index contributed by atoms with van der Waals surface area (Å²) < 4.78 is 29.0. The third-order valence-electron chi connectivity index (χ3n) is 4.84. The Morgan fingerprint density at radius 2 is 1.86 bits per heavy atom. The Labute approximate surface area is 129 Å². The highest BCUT2D eigenvalue weighted by Gasteiger charge is 2.31. The highest BCUT2D eigenvalue weighted by atomic mass is 32.2. The molecule has 124 valence electrons. The van der Waals surface area contributed by atoms with E-state index >= 15 is 0 Å². The van der Waals surface area contributed by atoms with E-state index in [0.717, 1.165) is 45.6 Å². The van der Waals surface area contributed by atoms with Crippen LogP contribution in [-0.2, 0) is 10.2 Å². The van der Waals surface area contributed by atoms with Crippen molar-refractivity contribution in [3.05, 3.63) is 0 Å². The minimum Gasteiger partial charge on any atom is -0.301 e. The molecule has 0 amide bonds. The van der Waals surface area contributed by atoms with Crippen molar-refractivity contribution in [1.29, 1.82) is 0 Å². The molecule has 2 heterocycles. The van der Waals surface area contributed by atoms with Gasteiger partial charge in [0, 0.05) is 51.4 Å². The molecule has 0 bridgehead atoms. The Hall–Kier alpha value is -0.210. The summed E-state index contributed by atoms with van der Waals surface area (Å²) in [5, 5.41) is 0. The molecule has 0 aromatic carbocycles. The lowest BCUT2D eigenvalue weighted by Crippen LogP contribution is -2.53. The zero-order valence-corrected chi connectivity index (χ0v) is 14.4. The van der Waals surface area contributed by atoms with Gasteiger partial charge in [0.1, 0.15) is 0 Å². The van der Waals surface area contributed by atoms with Crippen molar-refractivity contribution < 1.29 is 8.42 Å². The maximum absolute atomic E-state index is 12.3. The highest BCUT2D eigenvalue weighted by Crippen LogP contribution is 2.19. The molecule has 7 heteroatoms. The third-order valence-corrected chi connectivity index (χ3v) is 6.53. The lowest BCUT2D eigenvalue weighted by atomic mass is 10.2. The van der Waals surface area contributed by atoms with Crippen LogP contribution >= 0.6 is 0 Å². The molecular weight excluding hydrogens is 288 g/mol. The number of nitrogens with one attached hydrogen (secondary N) is 1. The quantitative estimate of drug-likeness (QED) is 0.767. The summed E-state index contributed by atoms with van der Waals surface area (Å²) in [5.41, 5.74) is 0. The number of piperazine rings is 1. The van der Waals surface area contributed by atoms with E-state index in [1.165, 1.54) is 0 Å². The van der Waals surface area contributed by atoms with Crippen molar-refractivity contribution in [2.24, 2.45) is 0 Å². The van der Waals surface area contributed by atoms with Gasteiger partial charge < -0.3 is 4.90 Å². The van der Waals surface area contributed by atoms with Gasteiger partial charge in [0.15, 0.2) is 0 Å². The Morgan fingerprint density at radius 1 is 1.19 bits per heavy atom. The van der Waals surface area contributed by atoms with Crippen LogP contribution in [0.5, 0.6) is 0 Å². The summed E-state index contributed by atoms with van der Waals surface area (Å²) in [6, 6.07) is 0.377. The molecule has 2 atom stereocenters. The molecule has 0 saturated carbocycles. The lowest BCUT2D eigenvalue weighted by molar-refractivity contribution is 0.107. The average molecular weight is 318 g/mol. The topological polar surface area (TPSA) is 55.9 Å². The predicted octanol–water partition coefficient (Wildman–Crippen LogP) is 0.331. The third kappa shape index (κ3) is 4.39. The van der Waals surface area contributed by atoms with Crippen molar-refractivity contribution in [1.82, 2.24) is 18.8 Å². The highest BCUT2D eigenvalue weighted by molar-refractivity contribution is 7.87. The van der Waals surface area contributed by atoms with Gasteiger partial charge >= 0.3 is 0 Å². The normalized spacial score (nSPS) is 28.0. The second-order valence-electron chi connectivity index (χ2n) is 6.27. The molecule has 2 aliphatic heterocycles. The van der Waals surface area contributed by atoms with Crippen molar-refractivity contribution in [2.75, 3.05) is 45.8 Å². The molecule has 2 saturated heterocycles. The monoisotopic (exact) mass is 318 g/mol. The van der Waals surface area contributed by atoms with E-state index in [4.69, 9.17) is 0 Å². The molecule has 2 aliphatic rings. The molecule has 0 aromatic rings. The first-order valence-corrected chi connectivity index (χ1v) is 9.61. The van der Waals surface area contributed by atoms with E-state index in [1.54, 1.807) is 4.31 Å². The van der Waals surface area contributed by atoms with Gasteiger partial charge in [-0.2, -0.15) is 12.7 Å². The van der Waals surface area contributed by atoms with Crippen LogP contribution in [0.15, 0.2) is 0 Å². The summed E-state index contributed by atoms with van der Waals surface area (Å²) in [5.74, 6) is 0. The van der Waals surface area contributed by atoms with Gasteiger partial charge in [-0.1, -0.05) is 6.92 Å². The molecule has 21 heavy (non-hydrogen) atoms. The zero-order chi connectivity index (χ0) is 15.5. The van der Waals surface area contributed by atoms with E-state index in [2.05, 4.69) is 28.4 Å². The average Bonchev–Trinajstić information content (AvgIpc) is 2.92. The largest absolute Gasteiger partial charge is 0.301 e. The minimum absolute atomic E-state index is 0.130. The lowest BCUT2D eigenvalue weighted by Gasteiger charge is -2.37. The van der Waals surface area contributed by atoms with Crippen LogP contribution in [-0.4, -0.2) is 80.4 Å². The van der Waals surface area contributed by atoms with Gasteiger partial charge in [-0.15, -0.1) is 0 Å². The summed E-state index contributed by atoms with van der Waals surface area (Å²) in [4.78, 5) is 4.81. The van der Waals surface area contributed by atoms with Crippen molar-refractivity contribution in [3.8, 4) is 0 Å². The molecule has 1 N–H and O–H groups in total. The van der Waals surface area contributed by atoms with Gasteiger partial charge in [0.05, 0.1) is 0 Å². The Balaban J connectivity index is 1.79. The first-order chi connectivity index (χ1) is 9.94. The number of likely N-dealkylation sites (N-methyl/N-ethyl adjacent to an activating group) is 1. The molecule has 6 nitrogen and oxygen atoms in total. The Morgan fingerprint density at radius 3 is 2.38 bits per heavy atom. The molecule has 2 rings (SSSR count). The molecule has 0 aliphatic carbocycles. The van der Waals surface area contributed by atoms with E-state index < -0.39 is 10.2 Å².